The van der Waals surface area contributed by atoms with Gasteiger partial charge in [-0.3, -0.25) is 0 Å². The zero-order valence-electron chi connectivity index (χ0n) is 10.4. The Kier molecular flexibility index (Phi) is 5.77. The van der Waals surface area contributed by atoms with Crippen LogP contribution in [0.3, 0.4) is 0 Å². The van der Waals surface area contributed by atoms with E-state index in [1.807, 2.05) is 34.6 Å². The van der Waals surface area contributed by atoms with E-state index in [-0.39, 0.29) is 11.3 Å². The van der Waals surface area contributed by atoms with Crippen LogP contribution in [0.4, 0.5) is 0 Å². The molecule has 0 aromatic heterocycles. The molecule has 0 aliphatic heterocycles. The van der Waals surface area contributed by atoms with Gasteiger partial charge in [0.05, 0.1) is 5.75 Å². The van der Waals surface area contributed by atoms with E-state index in [4.69, 9.17) is 0 Å². The summed E-state index contributed by atoms with van der Waals surface area (Å²) in [7, 11) is -3.13. The minimum Gasteiger partial charge on any atom is -0.314 e. The van der Waals surface area contributed by atoms with Crippen molar-refractivity contribution in [3.05, 3.63) is 0 Å². The van der Waals surface area contributed by atoms with Gasteiger partial charge in [-0.25, -0.2) is 13.1 Å². The average molecular weight is 236 g/mol. The molecule has 92 valence electrons. The van der Waals surface area contributed by atoms with Gasteiger partial charge in [0.15, 0.2) is 0 Å². The summed E-state index contributed by atoms with van der Waals surface area (Å²) >= 11 is 0. The summed E-state index contributed by atoms with van der Waals surface area (Å²) in [6.07, 6.45) is 0.642. The van der Waals surface area contributed by atoms with Gasteiger partial charge < -0.3 is 5.32 Å². The summed E-state index contributed by atoms with van der Waals surface area (Å²) in [5, 5.41) is 3.19. The number of hydrogen-bond acceptors (Lipinski definition) is 3. The van der Waals surface area contributed by atoms with E-state index >= 15 is 0 Å². The van der Waals surface area contributed by atoms with Crippen LogP contribution in [-0.4, -0.2) is 32.3 Å². The van der Waals surface area contributed by atoms with Gasteiger partial charge in [-0.2, -0.15) is 0 Å². The topological polar surface area (TPSA) is 58.2 Å². The van der Waals surface area contributed by atoms with Crippen LogP contribution < -0.4 is 10.0 Å². The number of hydrogen-bond donors (Lipinski definition) is 2. The van der Waals surface area contributed by atoms with Crippen LogP contribution in [0.15, 0.2) is 0 Å². The molecule has 0 radical (unpaired) electrons. The fraction of sp³-hybridized carbons (Fsp3) is 1.00. The summed E-state index contributed by atoms with van der Waals surface area (Å²) in [5.41, 5.74) is -0.385. The van der Waals surface area contributed by atoms with Crippen LogP contribution in [-0.2, 0) is 10.0 Å². The van der Waals surface area contributed by atoms with Crippen LogP contribution in [0.25, 0.3) is 0 Å². The van der Waals surface area contributed by atoms with Crippen LogP contribution in [0.1, 0.15) is 41.0 Å². The van der Waals surface area contributed by atoms with E-state index in [1.165, 1.54) is 0 Å². The lowest BCUT2D eigenvalue weighted by molar-refractivity contribution is 0.488. The SMILES string of the molecule is CC(C)NCCCS(=O)(=O)NC(C)(C)C. The lowest BCUT2D eigenvalue weighted by atomic mass is 10.1. The van der Waals surface area contributed by atoms with E-state index in [0.29, 0.717) is 12.5 Å². The predicted molar refractivity (Wildman–Crippen MR) is 64.4 cm³/mol. The van der Waals surface area contributed by atoms with E-state index < -0.39 is 10.0 Å². The normalized spacial score (nSPS) is 13.5. The Morgan fingerprint density at radius 1 is 1.20 bits per heavy atom. The molecule has 0 heterocycles. The number of sulfonamides is 1. The van der Waals surface area contributed by atoms with Crippen molar-refractivity contribution < 1.29 is 8.42 Å². The first-order valence-corrected chi connectivity index (χ1v) is 7.03. The maximum atomic E-state index is 11.6. The minimum absolute atomic E-state index is 0.185. The van der Waals surface area contributed by atoms with Crippen molar-refractivity contribution in [1.82, 2.24) is 10.0 Å². The molecule has 0 saturated carbocycles. The lowest BCUT2D eigenvalue weighted by Gasteiger charge is -2.20. The van der Waals surface area contributed by atoms with Crippen molar-refractivity contribution in [2.24, 2.45) is 0 Å². The van der Waals surface area contributed by atoms with Gasteiger partial charge in [-0.15, -0.1) is 0 Å². The quantitative estimate of drug-likeness (QED) is 0.679. The molecule has 0 amide bonds. The Bertz CT molecular complexity index is 266. The lowest BCUT2D eigenvalue weighted by Crippen LogP contribution is -2.42. The first kappa shape index (κ1) is 14.9. The third kappa shape index (κ3) is 10.2. The molecule has 0 saturated heterocycles. The maximum Gasteiger partial charge on any atom is 0.212 e. The fourth-order valence-electron chi connectivity index (χ4n) is 1.17. The van der Waals surface area contributed by atoms with E-state index in [1.54, 1.807) is 0 Å². The highest BCUT2D eigenvalue weighted by Crippen LogP contribution is 2.02. The van der Waals surface area contributed by atoms with Gasteiger partial charge >= 0.3 is 0 Å². The molecule has 0 unspecified atom stereocenters. The summed E-state index contributed by atoms with van der Waals surface area (Å²) in [5.74, 6) is 0.185. The highest BCUT2D eigenvalue weighted by atomic mass is 32.2. The Morgan fingerprint density at radius 3 is 2.13 bits per heavy atom. The van der Waals surface area contributed by atoms with Gasteiger partial charge in [0.2, 0.25) is 10.0 Å². The van der Waals surface area contributed by atoms with E-state index in [9.17, 15) is 8.42 Å². The molecular formula is C10H24N2O2S. The van der Waals surface area contributed by atoms with Crippen LogP contribution in [0.2, 0.25) is 0 Å². The highest BCUT2D eigenvalue weighted by molar-refractivity contribution is 7.89. The van der Waals surface area contributed by atoms with Crippen molar-refractivity contribution >= 4 is 10.0 Å². The van der Waals surface area contributed by atoms with E-state index in [2.05, 4.69) is 10.0 Å². The van der Waals surface area contributed by atoms with Gasteiger partial charge in [0, 0.05) is 11.6 Å². The van der Waals surface area contributed by atoms with Crippen LogP contribution in [0, 0.1) is 0 Å². The van der Waals surface area contributed by atoms with Crippen molar-refractivity contribution in [3.8, 4) is 0 Å². The summed E-state index contributed by atoms with van der Waals surface area (Å²) in [4.78, 5) is 0. The van der Waals surface area contributed by atoms with Gasteiger partial charge in [-0.1, -0.05) is 13.8 Å². The molecule has 15 heavy (non-hydrogen) atoms. The molecule has 5 heteroatoms. The molecule has 0 aromatic carbocycles. The standard InChI is InChI=1S/C10H24N2O2S/c1-9(2)11-7-6-8-15(13,14)12-10(3,4)5/h9,11-12H,6-8H2,1-5H3. The van der Waals surface area contributed by atoms with Crippen molar-refractivity contribution in [3.63, 3.8) is 0 Å². The Hall–Kier alpha value is -0.130. The molecule has 0 aliphatic rings. The van der Waals surface area contributed by atoms with Crippen LogP contribution in [0.5, 0.6) is 0 Å². The Morgan fingerprint density at radius 2 is 1.73 bits per heavy atom. The first-order chi connectivity index (χ1) is 6.62. The van der Waals surface area contributed by atoms with Gasteiger partial charge in [0.25, 0.3) is 0 Å². The fourth-order valence-corrected chi connectivity index (χ4v) is 2.73. The van der Waals surface area contributed by atoms with Gasteiger partial charge in [-0.05, 0) is 33.7 Å². The highest BCUT2D eigenvalue weighted by Gasteiger charge is 2.19. The van der Waals surface area contributed by atoms with Crippen molar-refractivity contribution in [2.75, 3.05) is 12.3 Å². The number of rotatable bonds is 6. The maximum absolute atomic E-state index is 11.6. The minimum atomic E-state index is -3.13. The summed E-state index contributed by atoms with van der Waals surface area (Å²) in [6, 6.07) is 0.406. The average Bonchev–Trinajstić information content (AvgIpc) is 1.93. The second-order valence-corrected chi connectivity index (χ2v) is 6.98. The van der Waals surface area contributed by atoms with Crippen LogP contribution >= 0.6 is 0 Å². The second-order valence-electron chi connectivity index (χ2n) is 5.13. The predicted octanol–water partition coefficient (Wildman–Crippen LogP) is 1.09. The third-order valence-electron chi connectivity index (χ3n) is 1.60. The smallest absolute Gasteiger partial charge is 0.212 e. The Balaban J connectivity index is 3.86. The molecule has 0 bridgehead atoms. The monoisotopic (exact) mass is 236 g/mol. The summed E-state index contributed by atoms with van der Waals surface area (Å²) < 4.78 is 25.7. The molecule has 0 aromatic rings. The largest absolute Gasteiger partial charge is 0.314 e. The second kappa shape index (κ2) is 5.82. The molecule has 0 aliphatic carbocycles. The zero-order valence-corrected chi connectivity index (χ0v) is 11.2. The van der Waals surface area contributed by atoms with E-state index in [0.717, 1.165) is 6.54 Å². The molecule has 4 nitrogen and oxygen atoms in total. The molecule has 0 fully saturated rings. The third-order valence-corrected chi connectivity index (χ3v) is 3.35. The zero-order chi connectivity index (χ0) is 12.1. The number of nitrogens with one attached hydrogen (secondary N) is 2. The first-order valence-electron chi connectivity index (χ1n) is 5.37. The molecule has 0 rings (SSSR count). The molecule has 2 N–H and O–H groups in total. The summed E-state index contributed by atoms with van der Waals surface area (Å²) in [6.45, 7) is 10.4. The van der Waals surface area contributed by atoms with Crippen molar-refractivity contribution in [1.29, 1.82) is 0 Å². The Labute approximate surface area is 93.9 Å². The molecule has 0 spiro atoms. The van der Waals surface area contributed by atoms with Crippen molar-refractivity contribution in [2.45, 2.75) is 52.6 Å². The van der Waals surface area contributed by atoms with Gasteiger partial charge in [0.1, 0.15) is 0 Å². The molecular weight excluding hydrogens is 212 g/mol. The molecule has 0 atom stereocenters.